The van der Waals surface area contributed by atoms with Crippen LogP contribution in [0.3, 0.4) is 0 Å². The lowest BCUT2D eigenvalue weighted by atomic mass is 10.0. The van der Waals surface area contributed by atoms with E-state index in [0.717, 1.165) is 4.96 Å². The van der Waals surface area contributed by atoms with Crippen LogP contribution in [0.4, 0.5) is 0 Å². The van der Waals surface area contributed by atoms with E-state index in [2.05, 4.69) is 37.8 Å². The summed E-state index contributed by atoms with van der Waals surface area (Å²) in [5, 5.41) is 4.32. The fourth-order valence-electron chi connectivity index (χ4n) is 1.69. The van der Waals surface area contributed by atoms with Crippen molar-refractivity contribution in [3.8, 4) is 0 Å². The van der Waals surface area contributed by atoms with Crippen LogP contribution in [0, 0.1) is 0 Å². The second-order valence-electron chi connectivity index (χ2n) is 4.12. The van der Waals surface area contributed by atoms with Crippen molar-refractivity contribution in [2.45, 2.75) is 39.5 Å². The SMILES string of the molecule is CC(C)c1nc2scnn2c1C(C)C. The lowest BCUT2D eigenvalue weighted by molar-refractivity contribution is 0.721. The molecule has 0 radical (unpaired) electrons. The molecule has 0 aliphatic rings. The zero-order valence-corrected chi connectivity index (χ0v) is 9.80. The Labute approximate surface area is 87.8 Å². The first-order valence-corrected chi connectivity index (χ1v) is 5.81. The quantitative estimate of drug-likeness (QED) is 0.761. The molecule has 2 aromatic rings. The molecule has 2 aromatic heterocycles. The molecule has 2 heterocycles. The molecule has 2 rings (SSSR count). The molecule has 0 atom stereocenters. The number of hydrogen-bond donors (Lipinski definition) is 0. The summed E-state index contributed by atoms with van der Waals surface area (Å²) in [5.41, 5.74) is 4.30. The van der Waals surface area contributed by atoms with Gasteiger partial charge in [0.1, 0.15) is 5.51 Å². The minimum Gasteiger partial charge on any atom is -0.222 e. The highest BCUT2D eigenvalue weighted by Crippen LogP contribution is 2.27. The van der Waals surface area contributed by atoms with Crippen LogP contribution < -0.4 is 0 Å². The number of rotatable bonds is 2. The minimum atomic E-state index is 0.473. The van der Waals surface area contributed by atoms with E-state index in [0.29, 0.717) is 11.8 Å². The lowest BCUT2D eigenvalue weighted by Crippen LogP contribution is -2.01. The molecule has 76 valence electrons. The van der Waals surface area contributed by atoms with Crippen molar-refractivity contribution >= 4 is 16.3 Å². The van der Waals surface area contributed by atoms with E-state index in [1.807, 2.05) is 10.0 Å². The monoisotopic (exact) mass is 209 g/mol. The van der Waals surface area contributed by atoms with Crippen LogP contribution in [0.1, 0.15) is 50.9 Å². The summed E-state index contributed by atoms with van der Waals surface area (Å²) in [7, 11) is 0. The van der Waals surface area contributed by atoms with Crippen LogP contribution in [-0.2, 0) is 0 Å². The number of hydrogen-bond acceptors (Lipinski definition) is 3. The zero-order valence-electron chi connectivity index (χ0n) is 8.98. The van der Waals surface area contributed by atoms with Gasteiger partial charge in [-0.05, 0) is 11.8 Å². The van der Waals surface area contributed by atoms with Gasteiger partial charge < -0.3 is 0 Å². The molecule has 0 fully saturated rings. The van der Waals surface area contributed by atoms with E-state index in [4.69, 9.17) is 0 Å². The van der Waals surface area contributed by atoms with Crippen molar-refractivity contribution < 1.29 is 0 Å². The minimum absolute atomic E-state index is 0.473. The molecule has 14 heavy (non-hydrogen) atoms. The molecule has 0 amide bonds. The van der Waals surface area contributed by atoms with E-state index >= 15 is 0 Å². The van der Waals surface area contributed by atoms with Crippen molar-refractivity contribution in [2.75, 3.05) is 0 Å². The molecule has 0 bridgehead atoms. The van der Waals surface area contributed by atoms with Gasteiger partial charge in [-0.15, -0.1) is 0 Å². The Morgan fingerprint density at radius 1 is 1.21 bits per heavy atom. The van der Waals surface area contributed by atoms with Crippen LogP contribution in [0.2, 0.25) is 0 Å². The van der Waals surface area contributed by atoms with Crippen molar-refractivity contribution in [3.05, 3.63) is 16.9 Å². The van der Waals surface area contributed by atoms with Gasteiger partial charge in [-0.2, -0.15) is 5.10 Å². The zero-order chi connectivity index (χ0) is 10.3. The maximum Gasteiger partial charge on any atom is 0.212 e. The normalized spacial score (nSPS) is 12.1. The van der Waals surface area contributed by atoms with Crippen LogP contribution in [-0.4, -0.2) is 14.6 Å². The maximum absolute atomic E-state index is 4.61. The Morgan fingerprint density at radius 2 is 1.93 bits per heavy atom. The second kappa shape index (κ2) is 3.35. The number of nitrogens with zero attached hydrogens (tertiary/aromatic N) is 3. The first-order chi connectivity index (χ1) is 6.61. The Morgan fingerprint density at radius 3 is 2.50 bits per heavy atom. The highest BCUT2D eigenvalue weighted by atomic mass is 32.1. The molecule has 3 nitrogen and oxygen atoms in total. The summed E-state index contributed by atoms with van der Waals surface area (Å²) >= 11 is 1.60. The molecule has 0 unspecified atom stereocenters. The molecule has 0 saturated carbocycles. The molecule has 0 saturated heterocycles. The maximum atomic E-state index is 4.61. The third-order valence-electron chi connectivity index (χ3n) is 2.30. The van der Waals surface area contributed by atoms with Gasteiger partial charge in [0.2, 0.25) is 4.96 Å². The van der Waals surface area contributed by atoms with Gasteiger partial charge in [0, 0.05) is 0 Å². The molecule has 0 aliphatic carbocycles. The summed E-state index contributed by atoms with van der Waals surface area (Å²) < 4.78 is 1.98. The van der Waals surface area contributed by atoms with Gasteiger partial charge in [-0.1, -0.05) is 39.0 Å². The van der Waals surface area contributed by atoms with E-state index in [-0.39, 0.29) is 0 Å². The van der Waals surface area contributed by atoms with Gasteiger partial charge in [0.05, 0.1) is 11.4 Å². The standard InChI is InChI=1S/C10H15N3S/c1-6(2)8-9(7(3)4)13-10(12-8)14-5-11-13/h5-7H,1-4H3. The summed E-state index contributed by atoms with van der Waals surface area (Å²) in [6.07, 6.45) is 0. The topological polar surface area (TPSA) is 30.2 Å². The molecule has 0 aromatic carbocycles. The summed E-state index contributed by atoms with van der Waals surface area (Å²) in [5.74, 6) is 0.950. The largest absolute Gasteiger partial charge is 0.222 e. The van der Waals surface area contributed by atoms with Crippen molar-refractivity contribution in [1.29, 1.82) is 0 Å². The Kier molecular flexibility index (Phi) is 2.31. The average molecular weight is 209 g/mol. The number of fused-ring (bicyclic) bond motifs is 1. The highest BCUT2D eigenvalue weighted by Gasteiger charge is 2.18. The van der Waals surface area contributed by atoms with Gasteiger partial charge in [0.25, 0.3) is 0 Å². The Bertz CT molecular complexity index is 439. The number of imidazole rings is 1. The summed E-state index contributed by atoms with van der Waals surface area (Å²) in [6, 6.07) is 0. The van der Waals surface area contributed by atoms with Gasteiger partial charge >= 0.3 is 0 Å². The van der Waals surface area contributed by atoms with Crippen molar-refractivity contribution in [3.63, 3.8) is 0 Å². The van der Waals surface area contributed by atoms with Gasteiger partial charge in [-0.3, -0.25) is 0 Å². The molecular formula is C10H15N3S. The van der Waals surface area contributed by atoms with E-state index in [1.165, 1.54) is 11.4 Å². The molecule has 4 heteroatoms. The molecule has 0 N–H and O–H groups in total. The second-order valence-corrected chi connectivity index (χ2v) is 4.94. The van der Waals surface area contributed by atoms with Gasteiger partial charge in [0.15, 0.2) is 0 Å². The molecular weight excluding hydrogens is 194 g/mol. The first kappa shape index (κ1) is 9.65. The van der Waals surface area contributed by atoms with E-state index in [9.17, 15) is 0 Å². The van der Waals surface area contributed by atoms with Crippen molar-refractivity contribution in [1.82, 2.24) is 14.6 Å². The summed E-state index contributed by atoms with van der Waals surface area (Å²) in [6.45, 7) is 8.74. The average Bonchev–Trinajstić information content (AvgIpc) is 2.58. The third kappa shape index (κ3) is 1.34. The van der Waals surface area contributed by atoms with Gasteiger partial charge in [-0.25, -0.2) is 9.50 Å². The third-order valence-corrected chi connectivity index (χ3v) is 2.98. The lowest BCUT2D eigenvalue weighted by Gasteiger charge is -2.08. The van der Waals surface area contributed by atoms with Crippen LogP contribution >= 0.6 is 11.3 Å². The van der Waals surface area contributed by atoms with Crippen molar-refractivity contribution in [2.24, 2.45) is 0 Å². The van der Waals surface area contributed by atoms with E-state index < -0.39 is 0 Å². The molecule has 0 spiro atoms. The predicted molar refractivity (Wildman–Crippen MR) is 59.0 cm³/mol. The first-order valence-electron chi connectivity index (χ1n) is 4.93. The Balaban J connectivity index is 2.69. The van der Waals surface area contributed by atoms with E-state index in [1.54, 1.807) is 11.3 Å². The number of aromatic nitrogens is 3. The highest BCUT2D eigenvalue weighted by molar-refractivity contribution is 7.14. The smallest absolute Gasteiger partial charge is 0.212 e. The molecule has 0 aliphatic heterocycles. The summed E-state index contributed by atoms with van der Waals surface area (Å²) in [4.78, 5) is 5.62. The van der Waals surface area contributed by atoms with Crippen LogP contribution in [0.25, 0.3) is 4.96 Å². The van der Waals surface area contributed by atoms with Crippen LogP contribution in [0.5, 0.6) is 0 Å². The fourth-order valence-corrected chi connectivity index (χ4v) is 2.32. The van der Waals surface area contributed by atoms with Crippen LogP contribution in [0.15, 0.2) is 5.51 Å². The Hall–Kier alpha value is -0.900. The predicted octanol–water partition coefficient (Wildman–Crippen LogP) is 3.04. The fraction of sp³-hybridized carbons (Fsp3) is 0.600.